The van der Waals surface area contributed by atoms with E-state index in [0.717, 1.165) is 0 Å². The molecule has 0 unspecified atom stereocenters. The van der Waals surface area contributed by atoms with E-state index in [-0.39, 0.29) is 0 Å². The molecule has 1 heteroatoms. The van der Waals surface area contributed by atoms with Crippen molar-refractivity contribution < 1.29 is 5.11 Å². The highest BCUT2D eigenvalue weighted by atomic mass is 16.3. The second kappa shape index (κ2) is 11.7. The van der Waals surface area contributed by atoms with Gasteiger partial charge in [-0.25, -0.2) is 0 Å². The zero-order chi connectivity index (χ0) is 8.41. The minimum absolute atomic E-state index is 0.306. The summed E-state index contributed by atoms with van der Waals surface area (Å²) < 4.78 is 0. The van der Waals surface area contributed by atoms with Crippen molar-refractivity contribution in [3.63, 3.8) is 0 Å². The summed E-state index contributed by atoms with van der Waals surface area (Å²) in [6, 6.07) is 0. The third-order valence-electron chi connectivity index (χ3n) is 1.07. The lowest BCUT2D eigenvalue weighted by Crippen LogP contribution is -1.90. The average molecular weight is 146 g/mol. The molecule has 64 valence electrons. The first kappa shape index (κ1) is 12.6. The molecule has 0 amide bonds. The topological polar surface area (TPSA) is 20.2 Å². The fourth-order valence-electron chi connectivity index (χ4n) is 0.354. The van der Waals surface area contributed by atoms with E-state index in [0.29, 0.717) is 12.5 Å². The lowest BCUT2D eigenvalue weighted by molar-refractivity contribution is 0.248. The van der Waals surface area contributed by atoms with Crippen molar-refractivity contribution in [2.75, 3.05) is 6.61 Å². The number of rotatable bonds is 3. The molecule has 0 aliphatic rings. The van der Waals surface area contributed by atoms with Gasteiger partial charge in [0.15, 0.2) is 0 Å². The quantitative estimate of drug-likeness (QED) is 0.649. The van der Waals surface area contributed by atoms with Crippen LogP contribution in [-0.4, -0.2) is 11.7 Å². The van der Waals surface area contributed by atoms with E-state index in [2.05, 4.69) is 13.8 Å². The molecule has 0 aliphatic heterocycles. The van der Waals surface area contributed by atoms with Crippen LogP contribution in [0.1, 0.15) is 47.0 Å². The van der Waals surface area contributed by atoms with Gasteiger partial charge in [0, 0.05) is 6.61 Å². The molecule has 1 nitrogen and oxygen atoms in total. The summed E-state index contributed by atoms with van der Waals surface area (Å²) in [5.41, 5.74) is 0. The predicted molar refractivity (Wildman–Crippen MR) is 47.1 cm³/mol. The van der Waals surface area contributed by atoms with Gasteiger partial charge in [0.25, 0.3) is 0 Å². The molecule has 0 aromatic rings. The molecule has 0 bridgehead atoms. The van der Waals surface area contributed by atoms with Crippen LogP contribution in [0.4, 0.5) is 0 Å². The zero-order valence-corrected chi connectivity index (χ0v) is 7.85. The molecular formula is C9H22O. The van der Waals surface area contributed by atoms with E-state index in [1.807, 2.05) is 13.8 Å². The van der Waals surface area contributed by atoms with E-state index >= 15 is 0 Å². The van der Waals surface area contributed by atoms with Gasteiger partial charge in [0.05, 0.1) is 0 Å². The maximum atomic E-state index is 8.14. The molecule has 0 heterocycles. The Hall–Kier alpha value is -0.0400. The van der Waals surface area contributed by atoms with Crippen molar-refractivity contribution in [3.8, 4) is 0 Å². The summed E-state index contributed by atoms with van der Waals surface area (Å²) in [7, 11) is 0. The molecule has 0 aromatic carbocycles. The van der Waals surface area contributed by atoms with Gasteiger partial charge < -0.3 is 5.11 Å². The number of hydrogen-bond acceptors (Lipinski definition) is 1. The van der Waals surface area contributed by atoms with Gasteiger partial charge in [-0.05, 0) is 5.92 Å². The fourth-order valence-corrected chi connectivity index (χ4v) is 0.354. The van der Waals surface area contributed by atoms with Gasteiger partial charge in [-0.1, -0.05) is 47.0 Å². The molecule has 0 saturated carbocycles. The normalized spacial score (nSPS) is 9.00. The SMILES string of the molecule is CC(C)CO.CCCCC. The Balaban J connectivity index is 0. The van der Waals surface area contributed by atoms with E-state index in [1.165, 1.54) is 19.3 Å². The predicted octanol–water partition coefficient (Wildman–Crippen LogP) is 2.83. The van der Waals surface area contributed by atoms with Crippen molar-refractivity contribution in [1.82, 2.24) is 0 Å². The maximum absolute atomic E-state index is 8.14. The Morgan fingerprint density at radius 2 is 1.40 bits per heavy atom. The van der Waals surface area contributed by atoms with Crippen molar-refractivity contribution in [2.24, 2.45) is 5.92 Å². The molecule has 0 saturated heterocycles. The first-order valence-corrected chi connectivity index (χ1v) is 4.29. The van der Waals surface area contributed by atoms with Crippen molar-refractivity contribution >= 4 is 0 Å². The molecule has 0 atom stereocenters. The summed E-state index contributed by atoms with van der Waals surface area (Å²) in [4.78, 5) is 0. The van der Waals surface area contributed by atoms with Crippen LogP contribution < -0.4 is 0 Å². The van der Waals surface area contributed by atoms with Gasteiger partial charge in [-0.3, -0.25) is 0 Å². The standard InChI is InChI=1S/C5H12.C4H10O/c1-3-5-4-2;1-4(2)3-5/h3-5H2,1-2H3;4-5H,3H2,1-2H3. The Bertz CT molecular complexity index is 40.0. The number of unbranched alkanes of at least 4 members (excludes halogenated alkanes) is 2. The molecule has 0 rings (SSSR count). The minimum Gasteiger partial charge on any atom is -0.396 e. The summed E-state index contributed by atoms with van der Waals surface area (Å²) >= 11 is 0. The van der Waals surface area contributed by atoms with Crippen LogP contribution in [-0.2, 0) is 0 Å². The van der Waals surface area contributed by atoms with Crippen LogP contribution in [0.5, 0.6) is 0 Å². The van der Waals surface area contributed by atoms with Crippen LogP contribution in [0.25, 0.3) is 0 Å². The summed E-state index contributed by atoms with van der Waals surface area (Å²) in [6.45, 7) is 8.67. The largest absolute Gasteiger partial charge is 0.396 e. The van der Waals surface area contributed by atoms with Crippen LogP contribution in [0.15, 0.2) is 0 Å². The van der Waals surface area contributed by atoms with E-state index in [4.69, 9.17) is 5.11 Å². The lowest BCUT2D eigenvalue weighted by Gasteiger charge is -1.90. The number of aliphatic hydroxyl groups is 1. The van der Waals surface area contributed by atoms with E-state index in [1.54, 1.807) is 0 Å². The van der Waals surface area contributed by atoms with Crippen molar-refractivity contribution in [2.45, 2.75) is 47.0 Å². The highest BCUT2D eigenvalue weighted by Gasteiger charge is 1.81. The highest BCUT2D eigenvalue weighted by Crippen LogP contribution is 1.88. The smallest absolute Gasteiger partial charge is 0.0453 e. The van der Waals surface area contributed by atoms with Gasteiger partial charge in [-0.15, -0.1) is 0 Å². The van der Waals surface area contributed by atoms with Crippen molar-refractivity contribution in [3.05, 3.63) is 0 Å². The number of hydrogen-bond donors (Lipinski definition) is 1. The molecule has 0 aliphatic carbocycles. The number of aliphatic hydroxyl groups excluding tert-OH is 1. The molecule has 0 aromatic heterocycles. The van der Waals surface area contributed by atoms with Gasteiger partial charge in [-0.2, -0.15) is 0 Å². The first-order chi connectivity index (χ1) is 4.68. The Kier molecular flexibility index (Phi) is 14.8. The van der Waals surface area contributed by atoms with Crippen LogP contribution >= 0.6 is 0 Å². The summed E-state index contributed by atoms with van der Waals surface area (Å²) in [6.07, 6.45) is 4.08. The fraction of sp³-hybridized carbons (Fsp3) is 1.00. The third kappa shape index (κ3) is 24.6. The monoisotopic (exact) mass is 146 g/mol. The van der Waals surface area contributed by atoms with Gasteiger partial charge in [0.2, 0.25) is 0 Å². The van der Waals surface area contributed by atoms with Crippen molar-refractivity contribution in [1.29, 1.82) is 0 Å². The highest BCUT2D eigenvalue weighted by molar-refractivity contribution is 4.32. The first-order valence-electron chi connectivity index (χ1n) is 4.29. The lowest BCUT2D eigenvalue weighted by atomic mass is 10.2. The second-order valence-corrected chi connectivity index (χ2v) is 2.93. The summed E-state index contributed by atoms with van der Waals surface area (Å²) in [5.74, 6) is 0.440. The van der Waals surface area contributed by atoms with Gasteiger partial charge in [0.1, 0.15) is 0 Å². The van der Waals surface area contributed by atoms with Crippen LogP contribution in [0, 0.1) is 5.92 Å². The molecular weight excluding hydrogens is 124 g/mol. The Labute approximate surface area is 65.5 Å². The Morgan fingerprint density at radius 3 is 1.40 bits per heavy atom. The molecule has 10 heavy (non-hydrogen) atoms. The van der Waals surface area contributed by atoms with E-state index in [9.17, 15) is 0 Å². The summed E-state index contributed by atoms with van der Waals surface area (Å²) in [5, 5.41) is 8.14. The van der Waals surface area contributed by atoms with E-state index < -0.39 is 0 Å². The molecule has 1 N–H and O–H groups in total. The molecule has 0 fully saturated rings. The second-order valence-electron chi connectivity index (χ2n) is 2.93. The zero-order valence-electron chi connectivity index (χ0n) is 7.85. The van der Waals surface area contributed by atoms with Crippen LogP contribution in [0.2, 0.25) is 0 Å². The minimum atomic E-state index is 0.306. The van der Waals surface area contributed by atoms with Crippen LogP contribution in [0.3, 0.4) is 0 Å². The third-order valence-corrected chi connectivity index (χ3v) is 1.07. The average Bonchev–Trinajstić information content (AvgIpc) is 1.91. The maximum Gasteiger partial charge on any atom is 0.0453 e. The molecule has 0 radical (unpaired) electrons. The molecule has 0 spiro atoms. The Morgan fingerprint density at radius 1 is 1.10 bits per heavy atom. The van der Waals surface area contributed by atoms with Gasteiger partial charge >= 0.3 is 0 Å².